The summed E-state index contributed by atoms with van der Waals surface area (Å²) in [5.74, 6) is -0.560. The molecule has 1 aromatic carbocycles. The highest BCUT2D eigenvalue weighted by Crippen LogP contribution is 2.10. The molecule has 2 rings (SSSR count). The van der Waals surface area contributed by atoms with Crippen molar-refractivity contribution in [3.63, 3.8) is 0 Å². The smallest absolute Gasteiger partial charge is 0.326 e. The normalized spacial score (nSPS) is 11.6. The minimum atomic E-state index is -0.769. The molecule has 0 aliphatic carbocycles. The van der Waals surface area contributed by atoms with E-state index in [2.05, 4.69) is 4.98 Å². The van der Waals surface area contributed by atoms with Gasteiger partial charge in [0.25, 0.3) is 0 Å². The van der Waals surface area contributed by atoms with Gasteiger partial charge in [-0.2, -0.15) is 0 Å². The van der Waals surface area contributed by atoms with Crippen molar-refractivity contribution >= 4 is 17.0 Å². The summed E-state index contributed by atoms with van der Waals surface area (Å²) in [6, 6.07) is 6.80. The summed E-state index contributed by atoms with van der Waals surface area (Å²) in [7, 11) is 0. The van der Waals surface area contributed by atoms with Crippen LogP contribution in [0.4, 0.5) is 0 Å². The number of benzene rings is 1. The van der Waals surface area contributed by atoms with E-state index in [9.17, 15) is 14.4 Å². The zero-order valence-corrected chi connectivity index (χ0v) is 11.6. The molecular weight excluding hydrogens is 260 g/mol. The predicted molar refractivity (Wildman–Crippen MR) is 74.7 cm³/mol. The minimum absolute atomic E-state index is 0.291. The Hall–Kier alpha value is -2.37. The minimum Gasteiger partial charge on any atom is -0.459 e. The first kappa shape index (κ1) is 14.0. The molecule has 0 bridgehead atoms. The molecule has 0 atom stereocenters. The second kappa shape index (κ2) is 4.96. The predicted octanol–water partition coefficient (Wildman–Crippen LogP) is 1.03. The quantitative estimate of drug-likeness (QED) is 0.656. The Morgan fingerprint density at radius 2 is 1.90 bits per heavy atom. The van der Waals surface area contributed by atoms with E-state index in [1.54, 1.807) is 45.0 Å². The van der Waals surface area contributed by atoms with Crippen LogP contribution in [-0.2, 0) is 16.1 Å². The van der Waals surface area contributed by atoms with Crippen LogP contribution < -0.4 is 11.1 Å². The number of esters is 1. The number of H-pyrrole nitrogens is 1. The molecule has 6 heteroatoms. The van der Waals surface area contributed by atoms with Crippen LogP contribution in [0.25, 0.3) is 11.0 Å². The number of aromatic amines is 1. The summed E-state index contributed by atoms with van der Waals surface area (Å²) in [5.41, 5.74) is -1.18. The maximum atomic E-state index is 11.9. The molecule has 20 heavy (non-hydrogen) atoms. The molecular formula is C14H16N2O4. The fraction of sp³-hybridized carbons (Fsp3) is 0.357. The van der Waals surface area contributed by atoms with Gasteiger partial charge in [0.15, 0.2) is 0 Å². The van der Waals surface area contributed by atoms with Crippen molar-refractivity contribution < 1.29 is 9.53 Å². The fourth-order valence-corrected chi connectivity index (χ4v) is 1.88. The van der Waals surface area contributed by atoms with Crippen molar-refractivity contribution in [2.75, 3.05) is 0 Å². The molecule has 1 aromatic heterocycles. The largest absolute Gasteiger partial charge is 0.459 e. The average Bonchev–Trinajstić information content (AvgIpc) is 2.32. The SMILES string of the molecule is CC(C)(C)OC(=O)Cn1c(=O)c(=O)[nH]c2ccccc21. The van der Waals surface area contributed by atoms with Gasteiger partial charge in [-0.25, -0.2) is 0 Å². The number of hydrogen-bond acceptors (Lipinski definition) is 4. The first-order valence-electron chi connectivity index (χ1n) is 6.21. The van der Waals surface area contributed by atoms with Crippen LogP contribution in [-0.4, -0.2) is 21.1 Å². The number of fused-ring (bicyclic) bond motifs is 1. The average molecular weight is 276 g/mol. The van der Waals surface area contributed by atoms with Crippen LogP contribution >= 0.6 is 0 Å². The van der Waals surface area contributed by atoms with Crippen LogP contribution in [0.5, 0.6) is 0 Å². The molecule has 2 aromatic rings. The van der Waals surface area contributed by atoms with Crippen molar-refractivity contribution in [2.24, 2.45) is 0 Å². The highest BCUT2D eigenvalue weighted by molar-refractivity contribution is 5.77. The first-order valence-corrected chi connectivity index (χ1v) is 6.21. The third kappa shape index (κ3) is 2.96. The molecule has 0 unspecified atom stereocenters. The van der Waals surface area contributed by atoms with E-state index < -0.39 is 22.7 Å². The van der Waals surface area contributed by atoms with Gasteiger partial charge in [-0.15, -0.1) is 0 Å². The Morgan fingerprint density at radius 1 is 1.25 bits per heavy atom. The Labute approximate surface area is 115 Å². The van der Waals surface area contributed by atoms with Crippen LogP contribution in [0, 0.1) is 0 Å². The third-order valence-corrected chi connectivity index (χ3v) is 2.59. The van der Waals surface area contributed by atoms with Gasteiger partial charge in [0.2, 0.25) is 0 Å². The summed E-state index contributed by atoms with van der Waals surface area (Å²) in [5, 5.41) is 0. The number of carbonyl (C=O) groups excluding carboxylic acids is 1. The zero-order valence-electron chi connectivity index (χ0n) is 11.6. The number of aromatic nitrogens is 2. The summed E-state index contributed by atoms with van der Waals surface area (Å²) in [6.07, 6.45) is 0. The maximum Gasteiger partial charge on any atom is 0.326 e. The lowest BCUT2D eigenvalue weighted by atomic mass is 10.2. The second-order valence-corrected chi connectivity index (χ2v) is 5.45. The second-order valence-electron chi connectivity index (χ2n) is 5.45. The molecule has 0 fully saturated rings. The van der Waals surface area contributed by atoms with E-state index in [0.717, 1.165) is 4.57 Å². The Morgan fingerprint density at radius 3 is 2.55 bits per heavy atom. The fourth-order valence-electron chi connectivity index (χ4n) is 1.88. The lowest BCUT2D eigenvalue weighted by molar-refractivity contribution is -0.155. The Kier molecular flexibility index (Phi) is 3.48. The zero-order chi connectivity index (χ0) is 14.9. The van der Waals surface area contributed by atoms with E-state index in [0.29, 0.717) is 11.0 Å². The van der Waals surface area contributed by atoms with Gasteiger partial charge in [-0.1, -0.05) is 12.1 Å². The number of nitrogens with zero attached hydrogens (tertiary/aromatic N) is 1. The standard InChI is InChI=1S/C14H16N2O4/c1-14(2,3)20-11(17)8-16-10-7-5-4-6-9(10)15-12(18)13(16)19/h4-7H,8H2,1-3H3,(H,15,18). The Bertz CT molecular complexity index is 765. The highest BCUT2D eigenvalue weighted by Gasteiger charge is 2.18. The highest BCUT2D eigenvalue weighted by atomic mass is 16.6. The summed E-state index contributed by atoms with van der Waals surface area (Å²) in [6.45, 7) is 4.93. The lowest BCUT2D eigenvalue weighted by Crippen LogP contribution is -2.39. The van der Waals surface area contributed by atoms with Crippen molar-refractivity contribution in [3.05, 3.63) is 45.0 Å². The lowest BCUT2D eigenvalue weighted by Gasteiger charge is -2.20. The van der Waals surface area contributed by atoms with Gasteiger partial charge in [0.1, 0.15) is 12.1 Å². The maximum absolute atomic E-state index is 11.9. The van der Waals surface area contributed by atoms with E-state index >= 15 is 0 Å². The molecule has 0 saturated carbocycles. The Balaban J connectivity index is 2.49. The van der Waals surface area contributed by atoms with Gasteiger partial charge in [0.05, 0.1) is 11.0 Å². The van der Waals surface area contributed by atoms with Crippen LogP contribution in [0.3, 0.4) is 0 Å². The monoisotopic (exact) mass is 276 g/mol. The molecule has 0 saturated heterocycles. The molecule has 0 spiro atoms. The molecule has 0 aliphatic heterocycles. The number of para-hydroxylation sites is 2. The van der Waals surface area contributed by atoms with E-state index in [4.69, 9.17) is 4.74 Å². The molecule has 1 N–H and O–H groups in total. The number of hydrogen-bond donors (Lipinski definition) is 1. The molecule has 0 amide bonds. The molecule has 1 heterocycles. The summed E-state index contributed by atoms with van der Waals surface area (Å²) in [4.78, 5) is 37.8. The van der Waals surface area contributed by atoms with Gasteiger partial charge in [-0.05, 0) is 32.9 Å². The summed E-state index contributed by atoms with van der Waals surface area (Å²) < 4.78 is 6.30. The molecule has 6 nitrogen and oxygen atoms in total. The van der Waals surface area contributed by atoms with Crippen LogP contribution in [0.15, 0.2) is 33.9 Å². The first-order chi connectivity index (χ1) is 9.28. The van der Waals surface area contributed by atoms with E-state index in [-0.39, 0.29) is 6.54 Å². The molecule has 0 radical (unpaired) electrons. The topological polar surface area (TPSA) is 81.2 Å². The van der Waals surface area contributed by atoms with Crippen molar-refractivity contribution in [3.8, 4) is 0 Å². The van der Waals surface area contributed by atoms with Gasteiger partial charge in [-0.3, -0.25) is 19.0 Å². The molecule has 106 valence electrons. The van der Waals surface area contributed by atoms with Crippen molar-refractivity contribution in [1.82, 2.24) is 9.55 Å². The number of rotatable bonds is 2. The van der Waals surface area contributed by atoms with Gasteiger partial charge >= 0.3 is 17.1 Å². The third-order valence-electron chi connectivity index (χ3n) is 2.59. The van der Waals surface area contributed by atoms with Crippen molar-refractivity contribution in [1.29, 1.82) is 0 Å². The number of nitrogens with one attached hydrogen (secondary N) is 1. The van der Waals surface area contributed by atoms with Crippen LogP contribution in [0.1, 0.15) is 20.8 Å². The summed E-state index contributed by atoms with van der Waals surface area (Å²) >= 11 is 0. The molecule has 0 aliphatic rings. The van der Waals surface area contributed by atoms with Crippen molar-refractivity contribution in [2.45, 2.75) is 32.9 Å². The number of ether oxygens (including phenoxy) is 1. The van der Waals surface area contributed by atoms with Crippen LogP contribution in [0.2, 0.25) is 0 Å². The van der Waals surface area contributed by atoms with Gasteiger partial charge < -0.3 is 9.72 Å². The van der Waals surface area contributed by atoms with E-state index in [1.165, 1.54) is 0 Å². The van der Waals surface area contributed by atoms with Gasteiger partial charge in [0, 0.05) is 0 Å². The van der Waals surface area contributed by atoms with E-state index in [1.807, 2.05) is 0 Å². The number of carbonyl (C=O) groups is 1.